The SMILES string of the molecule is CC/C=C/C=C/C=C/CCCCCCCCCC(=O)OCC(COCCC(C(=O)O)[N+](C)(C)C)OC(=O)CCCCCCCCC/C=C/CCCCCCCCCCCCCC. The molecule has 0 radical (unpaired) electrons. The topological polar surface area (TPSA) is 99.1 Å². The van der Waals surface area contributed by atoms with Gasteiger partial charge in [0.15, 0.2) is 12.1 Å². The van der Waals surface area contributed by atoms with Gasteiger partial charge in [-0.3, -0.25) is 9.59 Å². The molecule has 360 valence electrons. The Morgan fingerprint density at radius 1 is 0.500 bits per heavy atom. The van der Waals surface area contributed by atoms with Crippen LogP contribution in [-0.2, 0) is 28.6 Å². The number of unbranched alkanes of at least 4 members (excludes halogenated alkanes) is 26. The number of quaternary nitrogens is 1. The fourth-order valence-electron chi connectivity index (χ4n) is 7.56. The summed E-state index contributed by atoms with van der Waals surface area (Å²) in [5.41, 5.74) is 0. The zero-order valence-corrected chi connectivity index (χ0v) is 41.1. The van der Waals surface area contributed by atoms with E-state index in [1.54, 1.807) is 0 Å². The van der Waals surface area contributed by atoms with Gasteiger partial charge in [-0.25, -0.2) is 4.79 Å². The van der Waals surface area contributed by atoms with Gasteiger partial charge in [-0.05, 0) is 57.8 Å². The van der Waals surface area contributed by atoms with Crippen molar-refractivity contribution in [3.8, 4) is 0 Å². The second-order valence-electron chi connectivity index (χ2n) is 18.5. The first kappa shape index (κ1) is 59.3. The van der Waals surface area contributed by atoms with Gasteiger partial charge in [-0.1, -0.05) is 197 Å². The molecule has 2 unspecified atom stereocenters. The molecular formula is C54H98NO7+. The Labute approximate surface area is 382 Å². The van der Waals surface area contributed by atoms with E-state index in [1.165, 1.54) is 141 Å². The van der Waals surface area contributed by atoms with Crippen LogP contribution in [0.5, 0.6) is 0 Å². The Hall–Kier alpha value is -2.71. The maximum Gasteiger partial charge on any atom is 0.362 e. The van der Waals surface area contributed by atoms with E-state index in [1.807, 2.05) is 21.1 Å². The smallest absolute Gasteiger partial charge is 0.362 e. The van der Waals surface area contributed by atoms with Crippen LogP contribution in [-0.4, -0.2) is 80.6 Å². The summed E-state index contributed by atoms with van der Waals surface area (Å²) in [6.45, 7) is 4.61. The molecule has 0 bridgehead atoms. The van der Waals surface area contributed by atoms with Gasteiger partial charge in [0, 0.05) is 19.3 Å². The van der Waals surface area contributed by atoms with Crippen LogP contribution in [0.3, 0.4) is 0 Å². The van der Waals surface area contributed by atoms with E-state index in [0.29, 0.717) is 19.3 Å². The van der Waals surface area contributed by atoms with Crippen LogP contribution in [0.15, 0.2) is 48.6 Å². The number of ether oxygens (including phenoxy) is 3. The summed E-state index contributed by atoms with van der Waals surface area (Å²) in [7, 11) is 5.53. The number of esters is 2. The molecule has 1 N–H and O–H groups in total. The summed E-state index contributed by atoms with van der Waals surface area (Å²) in [5, 5.41) is 9.65. The zero-order valence-electron chi connectivity index (χ0n) is 41.1. The molecule has 0 amide bonds. The molecule has 0 aromatic carbocycles. The van der Waals surface area contributed by atoms with Crippen LogP contribution >= 0.6 is 0 Å². The molecule has 0 spiro atoms. The van der Waals surface area contributed by atoms with Crippen molar-refractivity contribution in [1.29, 1.82) is 0 Å². The summed E-state index contributed by atoms with van der Waals surface area (Å²) >= 11 is 0. The van der Waals surface area contributed by atoms with Crippen LogP contribution in [0, 0.1) is 0 Å². The van der Waals surface area contributed by atoms with Gasteiger partial charge in [-0.15, -0.1) is 0 Å². The van der Waals surface area contributed by atoms with E-state index < -0.39 is 18.1 Å². The number of carboxylic acid groups (broad SMARTS) is 1. The van der Waals surface area contributed by atoms with Crippen molar-refractivity contribution in [2.45, 2.75) is 238 Å². The van der Waals surface area contributed by atoms with Crippen molar-refractivity contribution in [3.05, 3.63) is 48.6 Å². The first-order valence-electron chi connectivity index (χ1n) is 25.7. The molecule has 0 saturated carbocycles. The first-order valence-corrected chi connectivity index (χ1v) is 25.7. The molecule has 0 aromatic rings. The molecule has 0 aromatic heterocycles. The van der Waals surface area contributed by atoms with Gasteiger partial charge in [-0.2, -0.15) is 0 Å². The highest BCUT2D eigenvalue weighted by molar-refractivity contribution is 5.72. The minimum atomic E-state index is -0.877. The molecule has 0 saturated heterocycles. The standard InChI is InChI=1S/C54H97NO7/c1-6-8-10-12-14-16-18-20-22-23-24-25-26-27-28-29-31-33-35-37-39-41-43-45-53(57)62-50(48-60-47-46-51(54(58)59)55(3,4)5)49-61-52(56)44-42-40-38-36-34-32-30-21-19-17-15-13-11-9-7-2/h9,11,13,15,17,19,27-28,50-51H,6-8,10,12,14,16,18,20-26,29-49H2,1-5H3/p+1/b11-9+,15-13+,19-17+,28-27+. The van der Waals surface area contributed by atoms with Crippen molar-refractivity contribution in [2.75, 3.05) is 41.0 Å². The van der Waals surface area contributed by atoms with E-state index in [2.05, 4.69) is 62.5 Å². The predicted molar refractivity (Wildman–Crippen MR) is 261 cm³/mol. The van der Waals surface area contributed by atoms with Crippen molar-refractivity contribution in [3.63, 3.8) is 0 Å². The monoisotopic (exact) mass is 873 g/mol. The number of rotatable bonds is 46. The van der Waals surface area contributed by atoms with Crippen LogP contribution in [0.2, 0.25) is 0 Å². The number of aliphatic carboxylic acids is 1. The number of carbonyl (C=O) groups excluding carboxylic acids is 2. The summed E-state index contributed by atoms with van der Waals surface area (Å²) in [6, 6.07) is -0.618. The largest absolute Gasteiger partial charge is 0.477 e. The number of allylic oxidation sites excluding steroid dienone is 8. The minimum absolute atomic E-state index is 0.0554. The van der Waals surface area contributed by atoms with Crippen LogP contribution < -0.4 is 0 Å². The maximum absolute atomic E-state index is 12.8. The first-order chi connectivity index (χ1) is 30.1. The lowest BCUT2D eigenvalue weighted by Crippen LogP contribution is -2.50. The second kappa shape index (κ2) is 44.9. The fraction of sp³-hybridized carbons (Fsp3) is 0.796. The molecule has 0 aliphatic carbocycles. The lowest BCUT2D eigenvalue weighted by molar-refractivity contribution is -0.887. The van der Waals surface area contributed by atoms with Crippen LogP contribution in [0.25, 0.3) is 0 Å². The van der Waals surface area contributed by atoms with Gasteiger partial charge < -0.3 is 23.8 Å². The summed E-state index contributed by atoms with van der Waals surface area (Å²) in [4.78, 5) is 37.1. The number of carbonyl (C=O) groups is 3. The quantitative estimate of drug-likeness (QED) is 0.0214. The summed E-state index contributed by atoms with van der Waals surface area (Å²) < 4.78 is 17.3. The number of carboxylic acids is 1. The molecular weight excluding hydrogens is 775 g/mol. The highest BCUT2D eigenvalue weighted by Gasteiger charge is 2.31. The van der Waals surface area contributed by atoms with E-state index >= 15 is 0 Å². The molecule has 0 heterocycles. The Kier molecular flexibility index (Phi) is 42.9. The lowest BCUT2D eigenvalue weighted by atomic mass is 10.0. The molecule has 8 nitrogen and oxygen atoms in total. The zero-order chi connectivity index (χ0) is 45.6. The molecule has 0 aliphatic heterocycles. The molecule has 8 heteroatoms. The van der Waals surface area contributed by atoms with E-state index in [4.69, 9.17) is 14.2 Å². The molecule has 0 rings (SSSR count). The third-order valence-electron chi connectivity index (χ3n) is 11.5. The average Bonchev–Trinajstić information content (AvgIpc) is 3.23. The van der Waals surface area contributed by atoms with E-state index in [9.17, 15) is 19.5 Å². The van der Waals surface area contributed by atoms with Gasteiger partial charge in [0.1, 0.15) is 6.61 Å². The van der Waals surface area contributed by atoms with Gasteiger partial charge >= 0.3 is 17.9 Å². The lowest BCUT2D eigenvalue weighted by Gasteiger charge is -2.31. The van der Waals surface area contributed by atoms with E-state index in [-0.39, 0.29) is 36.2 Å². The fourth-order valence-corrected chi connectivity index (χ4v) is 7.56. The average molecular weight is 873 g/mol. The number of nitrogens with zero attached hydrogens (tertiary/aromatic N) is 1. The van der Waals surface area contributed by atoms with Gasteiger partial charge in [0.05, 0.1) is 34.4 Å². The predicted octanol–water partition coefficient (Wildman–Crippen LogP) is 14.8. The van der Waals surface area contributed by atoms with E-state index in [0.717, 1.165) is 51.4 Å². The highest BCUT2D eigenvalue weighted by atomic mass is 16.6. The van der Waals surface area contributed by atoms with Crippen LogP contribution in [0.4, 0.5) is 0 Å². The highest BCUT2D eigenvalue weighted by Crippen LogP contribution is 2.15. The minimum Gasteiger partial charge on any atom is -0.477 e. The Morgan fingerprint density at radius 2 is 0.919 bits per heavy atom. The normalized spacial score (nSPS) is 13.2. The van der Waals surface area contributed by atoms with Gasteiger partial charge in [0.25, 0.3) is 0 Å². The van der Waals surface area contributed by atoms with Crippen molar-refractivity contribution in [2.24, 2.45) is 0 Å². The number of hydrogen-bond donors (Lipinski definition) is 1. The maximum atomic E-state index is 12.8. The summed E-state index contributed by atoms with van der Waals surface area (Å²) in [5.74, 6) is -1.48. The number of hydrogen-bond acceptors (Lipinski definition) is 6. The molecule has 2 atom stereocenters. The van der Waals surface area contributed by atoms with Crippen molar-refractivity contribution in [1.82, 2.24) is 0 Å². The Balaban J connectivity index is 4.22. The van der Waals surface area contributed by atoms with Crippen LogP contribution in [0.1, 0.15) is 226 Å². The third-order valence-corrected chi connectivity index (χ3v) is 11.5. The second-order valence-corrected chi connectivity index (χ2v) is 18.5. The number of likely N-dealkylation sites (N-methyl/N-ethyl adjacent to an activating group) is 1. The van der Waals surface area contributed by atoms with Gasteiger partial charge in [0.2, 0.25) is 0 Å². The van der Waals surface area contributed by atoms with Crippen molar-refractivity contribution < 1.29 is 38.2 Å². The summed E-state index contributed by atoms with van der Waals surface area (Å²) in [6.07, 6.45) is 54.5. The molecule has 0 fully saturated rings. The third kappa shape index (κ3) is 42.6. The Bertz CT molecular complexity index is 1150. The molecule has 62 heavy (non-hydrogen) atoms. The van der Waals surface area contributed by atoms with Crippen molar-refractivity contribution >= 4 is 17.9 Å². The Morgan fingerprint density at radius 3 is 1.37 bits per heavy atom. The molecule has 0 aliphatic rings.